The number of ether oxygens (including phenoxy) is 1. The quantitative estimate of drug-likeness (QED) is 0.737. The van der Waals surface area contributed by atoms with Gasteiger partial charge in [-0.1, -0.05) is 6.07 Å². The van der Waals surface area contributed by atoms with Gasteiger partial charge in [0.15, 0.2) is 11.6 Å². The molecular weight excluding hydrogens is 228 g/mol. The minimum atomic E-state index is -0.831. The Labute approximate surface area is 99.6 Å². The first kappa shape index (κ1) is 14.0. The second-order valence-corrected chi connectivity index (χ2v) is 3.82. The van der Waals surface area contributed by atoms with E-state index in [1.54, 1.807) is 6.07 Å². The van der Waals surface area contributed by atoms with Crippen molar-refractivity contribution in [3.05, 3.63) is 35.4 Å². The van der Waals surface area contributed by atoms with Gasteiger partial charge in [-0.05, 0) is 24.7 Å². The molecule has 1 aromatic rings. The van der Waals surface area contributed by atoms with E-state index in [4.69, 9.17) is 9.84 Å². The number of rotatable bonds is 7. The standard InChI is InChI=1S/C12H17F2NO2/c1-15(4-6-17-7-5-16)9-10-2-3-11(13)12(14)8-10/h2-3,8,16H,4-7,9H2,1H3. The van der Waals surface area contributed by atoms with Gasteiger partial charge in [-0.2, -0.15) is 0 Å². The molecule has 0 spiro atoms. The smallest absolute Gasteiger partial charge is 0.159 e. The Morgan fingerprint density at radius 1 is 1.24 bits per heavy atom. The van der Waals surface area contributed by atoms with Crippen molar-refractivity contribution in [1.82, 2.24) is 4.90 Å². The lowest BCUT2D eigenvalue weighted by Gasteiger charge is -2.16. The van der Waals surface area contributed by atoms with Gasteiger partial charge in [-0.15, -0.1) is 0 Å². The number of likely N-dealkylation sites (N-methyl/N-ethyl adjacent to an activating group) is 1. The van der Waals surface area contributed by atoms with Gasteiger partial charge >= 0.3 is 0 Å². The maximum Gasteiger partial charge on any atom is 0.159 e. The van der Waals surface area contributed by atoms with Crippen LogP contribution in [0.2, 0.25) is 0 Å². The van der Waals surface area contributed by atoms with Crippen LogP contribution in [0.25, 0.3) is 0 Å². The Kier molecular flexibility index (Phi) is 6.04. The third-order valence-electron chi connectivity index (χ3n) is 2.29. The van der Waals surface area contributed by atoms with Crippen molar-refractivity contribution in [2.45, 2.75) is 6.54 Å². The molecule has 1 rings (SSSR count). The van der Waals surface area contributed by atoms with Crippen molar-refractivity contribution >= 4 is 0 Å². The zero-order valence-electron chi connectivity index (χ0n) is 9.83. The maximum absolute atomic E-state index is 12.9. The summed E-state index contributed by atoms with van der Waals surface area (Å²) in [6, 6.07) is 3.88. The van der Waals surface area contributed by atoms with Crippen LogP contribution >= 0.6 is 0 Å². The van der Waals surface area contributed by atoms with E-state index in [0.29, 0.717) is 31.9 Å². The van der Waals surface area contributed by atoms with Gasteiger partial charge in [0.25, 0.3) is 0 Å². The molecule has 3 nitrogen and oxygen atoms in total. The van der Waals surface area contributed by atoms with Crippen LogP contribution in [0.3, 0.4) is 0 Å². The summed E-state index contributed by atoms with van der Waals surface area (Å²) in [6.07, 6.45) is 0. The topological polar surface area (TPSA) is 32.7 Å². The first-order valence-corrected chi connectivity index (χ1v) is 5.44. The number of aliphatic hydroxyl groups excluding tert-OH is 1. The van der Waals surface area contributed by atoms with Crippen molar-refractivity contribution in [1.29, 1.82) is 0 Å². The molecule has 0 fully saturated rings. The first-order chi connectivity index (χ1) is 8.13. The van der Waals surface area contributed by atoms with Gasteiger partial charge in [-0.25, -0.2) is 8.78 Å². The van der Waals surface area contributed by atoms with Crippen molar-refractivity contribution < 1.29 is 18.6 Å². The van der Waals surface area contributed by atoms with E-state index in [1.165, 1.54) is 6.07 Å². The molecule has 0 aliphatic carbocycles. The van der Waals surface area contributed by atoms with E-state index in [1.807, 2.05) is 11.9 Å². The normalized spacial score (nSPS) is 11.1. The van der Waals surface area contributed by atoms with Crippen LogP contribution in [0.4, 0.5) is 8.78 Å². The molecule has 1 aromatic carbocycles. The lowest BCUT2D eigenvalue weighted by molar-refractivity contribution is 0.0773. The van der Waals surface area contributed by atoms with E-state index in [0.717, 1.165) is 6.07 Å². The van der Waals surface area contributed by atoms with Crippen LogP contribution < -0.4 is 0 Å². The van der Waals surface area contributed by atoms with Crippen LogP contribution in [0.5, 0.6) is 0 Å². The van der Waals surface area contributed by atoms with E-state index >= 15 is 0 Å². The van der Waals surface area contributed by atoms with Crippen LogP contribution in [-0.2, 0) is 11.3 Å². The number of hydrogen-bond donors (Lipinski definition) is 1. The third kappa shape index (κ3) is 5.21. The van der Waals surface area contributed by atoms with Gasteiger partial charge in [-0.3, -0.25) is 4.90 Å². The SMILES string of the molecule is CN(CCOCCO)Cc1ccc(F)c(F)c1. The van der Waals surface area contributed by atoms with Crippen LogP contribution in [0, 0.1) is 11.6 Å². The van der Waals surface area contributed by atoms with E-state index in [9.17, 15) is 8.78 Å². The molecule has 0 aliphatic heterocycles. The number of hydrogen-bond acceptors (Lipinski definition) is 3. The van der Waals surface area contributed by atoms with Crippen molar-refractivity contribution in [3.63, 3.8) is 0 Å². The lowest BCUT2D eigenvalue weighted by atomic mass is 10.2. The molecule has 0 aromatic heterocycles. The molecule has 96 valence electrons. The maximum atomic E-state index is 12.9. The molecule has 5 heteroatoms. The summed E-state index contributed by atoms with van der Waals surface area (Å²) in [7, 11) is 1.86. The number of benzene rings is 1. The predicted octanol–water partition coefficient (Wildman–Crippen LogP) is 1.41. The van der Waals surface area contributed by atoms with Crippen molar-refractivity contribution in [3.8, 4) is 0 Å². The van der Waals surface area contributed by atoms with Gasteiger partial charge < -0.3 is 9.84 Å². The summed E-state index contributed by atoms with van der Waals surface area (Å²) < 4.78 is 30.7. The van der Waals surface area contributed by atoms with Crippen molar-refractivity contribution in [2.24, 2.45) is 0 Å². The minimum absolute atomic E-state index is 0.00683. The second kappa shape index (κ2) is 7.32. The summed E-state index contributed by atoms with van der Waals surface area (Å²) in [4.78, 5) is 1.93. The van der Waals surface area contributed by atoms with Crippen molar-refractivity contribution in [2.75, 3.05) is 33.4 Å². The van der Waals surface area contributed by atoms with Crippen LogP contribution in [-0.4, -0.2) is 43.4 Å². The summed E-state index contributed by atoms with van der Waals surface area (Å²) in [5.74, 6) is -1.66. The lowest BCUT2D eigenvalue weighted by Crippen LogP contribution is -2.23. The Hall–Kier alpha value is -1.04. The number of aliphatic hydroxyl groups is 1. The zero-order chi connectivity index (χ0) is 12.7. The molecule has 0 atom stereocenters. The van der Waals surface area contributed by atoms with Crippen LogP contribution in [0.1, 0.15) is 5.56 Å². The predicted molar refractivity (Wildman–Crippen MR) is 60.6 cm³/mol. The summed E-state index contributed by atoms with van der Waals surface area (Å²) in [5.41, 5.74) is 0.716. The fraction of sp³-hybridized carbons (Fsp3) is 0.500. The highest BCUT2D eigenvalue weighted by atomic mass is 19.2. The minimum Gasteiger partial charge on any atom is -0.394 e. The van der Waals surface area contributed by atoms with Gasteiger partial charge in [0.05, 0.1) is 19.8 Å². The summed E-state index contributed by atoms with van der Waals surface area (Å²) >= 11 is 0. The van der Waals surface area contributed by atoms with Crippen LogP contribution in [0.15, 0.2) is 18.2 Å². The summed E-state index contributed by atoms with van der Waals surface area (Å²) in [5, 5.41) is 8.51. The van der Waals surface area contributed by atoms with Gasteiger partial charge in [0.2, 0.25) is 0 Å². The molecular formula is C12H17F2NO2. The molecule has 1 N–H and O–H groups in total. The number of halogens is 2. The van der Waals surface area contributed by atoms with Gasteiger partial charge in [0, 0.05) is 13.1 Å². The Morgan fingerprint density at radius 3 is 2.65 bits per heavy atom. The molecule has 0 aliphatic rings. The third-order valence-corrected chi connectivity index (χ3v) is 2.29. The fourth-order valence-corrected chi connectivity index (χ4v) is 1.42. The molecule has 0 heterocycles. The highest BCUT2D eigenvalue weighted by Gasteiger charge is 2.05. The highest BCUT2D eigenvalue weighted by Crippen LogP contribution is 2.10. The average Bonchev–Trinajstić information content (AvgIpc) is 2.30. The van der Waals surface area contributed by atoms with Gasteiger partial charge in [0.1, 0.15) is 0 Å². The molecule has 17 heavy (non-hydrogen) atoms. The molecule has 0 saturated heterocycles. The first-order valence-electron chi connectivity index (χ1n) is 5.44. The summed E-state index contributed by atoms with van der Waals surface area (Å²) in [6.45, 7) is 2.02. The van der Waals surface area contributed by atoms with E-state index < -0.39 is 11.6 Å². The zero-order valence-corrected chi connectivity index (χ0v) is 9.83. The fourth-order valence-electron chi connectivity index (χ4n) is 1.42. The highest BCUT2D eigenvalue weighted by molar-refractivity contribution is 5.17. The number of nitrogens with zero attached hydrogens (tertiary/aromatic N) is 1. The van der Waals surface area contributed by atoms with E-state index in [-0.39, 0.29) is 6.61 Å². The molecule has 0 amide bonds. The molecule has 0 bridgehead atoms. The molecule has 0 saturated carbocycles. The average molecular weight is 245 g/mol. The molecule has 0 unspecified atom stereocenters. The largest absolute Gasteiger partial charge is 0.394 e. The Balaban J connectivity index is 2.34. The second-order valence-electron chi connectivity index (χ2n) is 3.82. The van der Waals surface area contributed by atoms with E-state index in [2.05, 4.69) is 0 Å². The molecule has 0 radical (unpaired) electrons. The Morgan fingerprint density at radius 2 is 2.00 bits per heavy atom. The Bertz CT molecular complexity index is 347. The monoisotopic (exact) mass is 245 g/mol.